The number of nitrogens with one attached hydrogen (secondary N) is 2. The van der Waals surface area contributed by atoms with Crippen LogP contribution in [0.4, 0.5) is 0 Å². The van der Waals surface area contributed by atoms with Gasteiger partial charge in [0.2, 0.25) is 11.8 Å². The third kappa shape index (κ3) is 5.78. The first kappa shape index (κ1) is 26.7. The number of nitrogens with zero attached hydrogens (tertiary/aromatic N) is 2. The maximum absolute atomic E-state index is 13.3. The fraction of sp³-hybridized carbons (Fsp3) is 0.630. The molecule has 36 heavy (non-hydrogen) atoms. The van der Waals surface area contributed by atoms with E-state index in [1.54, 1.807) is 12.1 Å². The predicted molar refractivity (Wildman–Crippen MR) is 139 cm³/mol. The largest absolute Gasteiger partial charge is 0.353 e. The highest BCUT2D eigenvalue weighted by atomic mass is 32.2. The standard InChI is InChI=1S/C27H40N4O4S/c1-19-5-8-22(9-6-19)36(34,35)31-16-13-28-26(33)23(31)17-25(32)29-24-10-7-21(18-27(24,3)4)30-14-11-20(2)12-15-30/h5-6,8-9,13,16,20-21,23-24H,7,10-12,14-15,17-18H2,1-4H3,(H,28,33)(H,29,32)/t21-,23+,24-/m0/s1. The number of carbonyl (C=O) groups excluding carboxylic acids is 2. The first-order chi connectivity index (χ1) is 17.0. The SMILES string of the molecule is Cc1ccc(S(=O)(=O)N2C=CNC(=O)[C@H]2CC(=O)N[C@H]2CC[C@H](N3CCC(C)CC3)CC2(C)C)cc1. The zero-order valence-corrected chi connectivity index (χ0v) is 22.7. The number of hydrogen-bond acceptors (Lipinski definition) is 5. The highest BCUT2D eigenvalue weighted by Gasteiger charge is 2.42. The Morgan fingerprint density at radius 3 is 2.42 bits per heavy atom. The van der Waals surface area contributed by atoms with Crippen molar-refractivity contribution in [3.05, 3.63) is 42.2 Å². The number of likely N-dealkylation sites (tertiary alicyclic amines) is 1. The Balaban J connectivity index is 1.41. The van der Waals surface area contributed by atoms with Gasteiger partial charge in [0.1, 0.15) is 6.04 Å². The summed E-state index contributed by atoms with van der Waals surface area (Å²) >= 11 is 0. The molecule has 0 bridgehead atoms. The molecule has 1 aromatic rings. The van der Waals surface area contributed by atoms with Gasteiger partial charge in [-0.25, -0.2) is 8.42 Å². The fourth-order valence-corrected chi connectivity index (χ4v) is 7.22. The summed E-state index contributed by atoms with van der Waals surface area (Å²) in [7, 11) is -3.99. The second-order valence-electron chi connectivity index (χ2n) is 11.5. The van der Waals surface area contributed by atoms with E-state index in [4.69, 9.17) is 0 Å². The zero-order chi connectivity index (χ0) is 26.1. The van der Waals surface area contributed by atoms with Crippen LogP contribution in [0.2, 0.25) is 0 Å². The van der Waals surface area contributed by atoms with Crippen LogP contribution in [0.25, 0.3) is 0 Å². The fourth-order valence-electron chi connectivity index (χ4n) is 5.77. The summed E-state index contributed by atoms with van der Waals surface area (Å²) < 4.78 is 27.6. The van der Waals surface area contributed by atoms with E-state index in [0.29, 0.717) is 6.04 Å². The second kappa shape index (κ2) is 10.5. The number of hydrogen-bond donors (Lipinski definition) is 2. The number of rotatable bonds is 6. The molecular formula is C27H40N4O4S. The Hall–Kier alpha value is -2.39. The van der Waals surface area contributed by atoms with Crippen LogP contribution in [0, 0.1) is 18.3 Å². The summed E-state index contributed by atoms with van der Waals surface area (Å²) in [5, 5.41) is 5.70. The molecule has 0 radical (unpaired) electrons. The summed E-state index contributed by atoms with van der Waals surface area (Å²) in [6.45, 7) is 10.9. The molecule has 2 heterocycles. The van der Waals surface area contributed by atoms with Gasteiger partial charge in [0, 0.05) is 24.5 Å². The topological polar surface area (TPSA) is 98.8 Å². The molecule has 2 fully saturated rings. The molecule has 8 nitrogen and oxygen atoms in total. The molecule has 1 saturated heterocycles. The first-order valence-electron chi connectivity index (χ1n) is 13.1. The number of aryl methyl sites for hydroxylation is 1. The highest BCUT2D eigenvalue weighted by molar-refractivity contribution is 7.89. The van der Waals surface area contributed by atoms with E-state index < -0.39 is 22.0 Å². The highest BCUT2D eigenvalue weighted by Crippen LogP contribution is 2.39. The molecule has 2 amide bonds. The minimum atomic E-state index is -3.99. The maximum Gasteiger partial charge on any atom is 0.264 e. The van der Waals surface area contributed by atoms with Gasteiger partial charge in [0.15, 0.2) is 0 Å². The molecule has 198 valence electrons. The number of piperidine rings is 1. The molecule has 0 spiro atoms. The van der Waals surface area contributed by atoms with E-state index in [2.05, 4.69) is 36.3 Å². The first-order valence-corrected chi connectivity index (χ1v) is 14.5. The molecule has 0 aromatic heterocycles. The van der Waals surface area contributed by atoms with Gasteiger partial charge in [0.25, 0.3) is 10.0 Å². The minimum absolute atomic E-state index is 0.0192. The Kier molecular flexibility index (Phi) is 7.80. The molecular weight excluding hydrogens is 476 g/mol. The lowest BCUT2D eigenvalue weighted by Gasteiger charge is -2.47. The Morgan fingerprint density at radius 2 is 1.78 bits per heavy atom. The Morgan fingerprint density at radius 1 is 1.11 bits per heavy atom. The summed E-state index contributed by atoms with van der Waals surface area (Å²) in [5.41, 5.74) is 0.841. The van der Waals surface area contributed by atoms with E-state index in [-0.39, 0.29) is 28.7 Å². The number of amides is 2. The maximum atomic E-state index is 13.3. The van der Waals surface area contributed by atoms with E-state index in [9.17, 15) is 18.0 Å². The molecule has 1 aliphatic carbocycles. The van der Waals surface area contributed by atoms with E-state index in [1.165, 1.54) is 37.4 Å². The quantitative estimate of drug-likeness (QED) is 0.605. The van der Waals surface area contributed by atoms with Crippen molar-refractivity contribution in [2.75, 3.05) is 13.1 Å². The summed E-state index contributed by atoms with van der Waals surface area (Å²) in [4.78, 5) is 28.5. The molecule has 9 heteroatoms. The van der Waals surface area contributed by atoms with Crippen molar-refractivity contribution < 1.29 is 18.0 Å². The lowest BCUT2D eigenvalue weighted by Crippen LogP contribution is -2.55. The van der Waals surface area contributed by atoms with Crippen molar-refractivity contribution in [1.82, 2.24) is 19.8 Å². The van der Waals surface area contributed by atoms with Crippen molar-refractivity contribution >= 4 is 21.8 Å². The smallest absolute Gasteiger partial charge is 0.264 e. The van der Waals surface area contributed by atoms with Crippen molar-refractivity contribution in [2.45, 2.75) is 89.2 Å². The van der Waals surface area contributed by atoms with Crippen LogP contribution in [0.3, 0.4) is 0 Å². The predicted octanol–water partition coefficient (Wildman–Crippen LogP) is 3.14. The summed E-state index contributed by atoms with van der Waals surface area (Å²) in [6.07, 6.45) is 7.79. The van der Waals surface area contributed by atoms with Crippen molar-refractivity contribution in [2.24, 2.45) is 11.3 Å². The third-order valence-corrected chi connectivity index (χ3v) is 9.99. The van der Waals surface area contributed by atoms with Gasteiger partial charge < -0.3 is 15.5 Å². The van der Waals surface area contributed by atoms with Gasteiger partial charge in [-0.05, 0) is 75.6 Å². The summed E-state index contributed by atoms with van der Waals surface area (Å²) in [5.74, 6) is -0.0189. The second-order valence-corrected chi connectivity index (χ2v) is 13.3. The van der Waals surface area contributed by atoms with Crippen molar-refractivity contribution in [1.29, 1.82) is 0 Å². The molecule has 1 aromatic carbocycles. The van der Waals surface area contributed by atoms with Gasteiger partial charge in [-0.2, -0.15) is 0 Å². The minimum Gasteiger partial charge on any atom is -0.353 e. The average Bonchev–Trinajstić information content (AvgIpc) is 2.82. The molecule has 3 aliphatic rings. The van der Waals surface area contributed by atoms with Gasteiger partial charge in [-0.15, -0.1) is 0 Å². The van der Waals surface area contributed by atoms with Crippen LogP contribution < -0.4 is 10.6 Å². The van der Waals surface area contributed by atoms with Gasteiger partial charge in [-0.3, -0.25) is 13.9 Å². The van der Waals surface area contributed by atoms with E-state index in [0.717, 1.165) is 48.1 Å². The summed E-state index contributed by atoms with van der Waals surface area (Å²) in [6, 6.07) is 5.84. The Bertz CT molecular complexity index is 1090. The molecule has 3 atom stereocenters. The van der Waals surface area contributed by atoms with Crippen LogP contribution in [0.15, 0.2) is 41.6 Å². The third-order valence-electron chi connectivity index (χ3n) is 8.20. The molecule has 2 aliphatic heterocycles. The lowest BCUT2D eigenvalue weighted by molar-refractivity contribution is -0.130. The molecule has 0 unspecified atom stereocenters. The normalized spacial score (nSPS) is 27.5. The number of carbonyl (C=O) groups is 2. The van der Waals surface area contributed by atoms with Crippen LogP contribution in [0.1, 0.15) is 64.9 Å². The molecule has 1 saturated carbocycles. The molecule has 4 rings (SSSR count). The van der Waals surface area contributed by atoms with E-state index in [1.807, 2.05) is 6.92 Å². The zero-order valence-electron chi connectivity index (χ0n) is 21.9. The number of sulfonamides is 1. The van der Waals surface area contributed by atoms with E-state index >= 15 is 0 Å². The van der Waals surface area contributed by atoms with Crippen LogP contribution in [-0.4, -0.2) is 60.7 Å². The van der Waals surface area contributed by atoms with Gasteiger partial charge in [-0.1, -0.05) is 38.5 Å². The van der Waals surface area contributed by atoms with Crippen LogP contribution >= 0.6 is 0 Å². The van der Waals surface area contributed by atoms with Crippen molar-refractivity contribution in [3.63, 3.8) is 0 Å². The van der Waals surface area contributed by atoms with Gasteiger partial charge >= 0.3 is 0 Å². The van der Waals surface area contributed by atoms with Crippen LogP contribution in [-0.2, 0) is 19.6 Å². The number of benzene rings is 1. The van der Waals surface area contributed by atoms with Gasteiger partial charge in [0.05, 0.1) is 11.3 Å². The average molecular weight is 517 g/mol. The van der Waals surface area contributed by atoms with Crippen LogP contribution in [0.5, 0.6) is 0 Å². The van der Waals surface area contributed by atoms with Crippen molar-refractivity contribution in [3.8, 4) is 0 Å². The Labute approximate surface area is 215 Å². The lowest BCUT2D eigenvalue weighted by atomic mass is 9.70. The monoisotopic (exact) mass is 516 g/mol. The molecule has 2 N–H and O–H groups in total.